The van der Waals surface area contributed by atoms with Crippen molar-refractivity contribution in [3.05, 3.63) is 77.9 Å². The molecule has 1 atom stereocenters. The molecule has 1 N–H and O–H groups in total. The minimum absolute atomic E-state index is 0.630. The predicted octanol–water partition coefficient (Wildman–Crippen LogP) is 5.56. The van der Waals surface area contributed by atoms with Gasteiger partial charge >= 0.3 is 0 Å². The third-order valence-electron chi connectivity index (χ3n) is 4.02. The molecular formula is C21H26O. The highest BCUT2D eigenvalue weighted by Crippen LogP contribution is 2.32. The van der Waals surface area contributed by atoms with E-state index in [2.05, 4.69) is 37.3 Å². The molecule has 1 unspecified atom stereocenters. The second-order valence-electron chi connectivity index (χ2n) is 6.05. The molecule has 0 aromatic heterocycles. The Hall–Kier alpha value is -1.86. The van der Waals surface area contributed by atoms with Crippen LogP contribution >= 0.6 is 0 Å². The molecule has 1 nitrogen and oxygen atoms in total. The summed E-state index contributed by atoms with van der Waals surface area (Å²) in [7, 11) is 0. The third-order valence-corrected chi connectivity index (χ3v) is 4.02. The zero-order chi connectivity index (χ0) is 15.8. The molecule has 0 heterocycles. The van der Waals surface area contributed by atoms with E-state index in [1.807, 2.05) is 43.3 Å². The van der Waals surface area contributed by atoms with Crippen LogP contribution < -0.4 is 0 Å². The highest BCUT2D eigenvalue weighted by molar-refractivity contribution is 5.66. The van der Waals surface area contributed by atoms with Crippen LogP contribution in [0.4, 0.5) is 0 Å². The minimum Gasteiger partial charge on any atom is -0.385 e. The van der Waals surface area contributed by atoms with E-state index in [-0.39, 0.29) is 0 Å². The molecule has 0 saturated heterocycles. The molecule has 116 valence electrons. The molecule has 0 radical (unpaired) electrons. The molecule has 2 rings (SSSR count). The average molecular weight is 294 g/mol. The average Bonchev–Trinajstić information content (AvgIpc) is 2.56. The van der Waals surface area contributed by atoms with Crippen LogP contribution in [0, 0.1) is 0 Å². The fourth-order valence-corrected chi connectivity index (χ4v) is 2.69. The Kier molecular flexibility index (Phi) is 5.97. The fourth-order valence-electron chi connectivity index (χ4n) is 2.69. The number of rotatable bonds is 7. The summed E-state index contributed by atoms with van der Waals surface area (Å²) in [6, 6.07) is 20.3. The molecule has 0 aliphatic carbocycles. The molecule has 0 saturated carbocycles. The van der Waals surface area contributed by atoms with E-state index in [4.69, 9.17) is 0 Å². The van der Waals surface area contributed by atoms with Crippen LogP contribution in [-0.4, -0.2) is 5.11 Å². The molecule has 0 amide bonds. The summed E-state index contributed by atoms with van der Waals surface area (Å²) in [6.07, 6.45) is 6.35. The van der Waals surface area contributed by atoms with E-state index in [1.165, 1.54) is 24.0 Å². The van der Waals surface area contributed by atoms with Crippen molar-refractivity contribution in [2.24, 2.45) is 0 Å². The summed E-state index contributed by atoms with van der Waals surface area (Å²) < 4.78 is 0. The van der Waals surface area contributed by atoms with Gasteiger partial charge in [0.15, 0.2) is 0 Å². The number of aliphatic hydroxyl groups is 1. The van der Waals surface area contributed by atoms with Crippen LogP contribution in [0.3, 0.4) is 0 Å². The SMILES string of the molecule is CCCC/C=C(\CC(C)(O)c1ccccc1)c1ccccc1. The van der Waals surface area contributed by atoms with Gasteiger partial charge in [0, 0.05) is 6.42 Å². The van der Waals surface area contributed by atoms with E-state index in [9.17, 15) is 5.11 Å². The lowest BCUT2D eigenvalue weighted by atomic mass is 9.86. The van der Waals surface area contributed by atoms with E-state index in [0.29, 0.717) is 6.42 Å². The maximum Gasteiger partial charge on any atom is 0.0908 e. The highest BCUT2D eigenvalue weighted by Gasteiger charge is 2.24. The number of hydrogen-bond acceptors (Lipinski definition) is 1. The van der Waals surface area contributed by atoms with Gasteiger partial charge in [-0.3, -0.25) is 0 Å². The van der Waals surface area contributed by atoms with Gasteiger partial charge in [0.2, 0.25) is 0 Å². The molecule has 1 heteroatoms. The molecule has 2 aromatic carbocycles. The highest BCUT2D eigenvalue weighted by atomic mass is 16.3. The van der Waals surface area contributed by atoms with Crippen LogP contribution in [0.1, 0.15) is 50.7 Å². The Labute approximate surface area is 134 Å². The first-order chi connectivity index (χ1) is 10.6. The Bertz CT molecular complexity index is 582. The Balaban J connectivity index is 2.24. The van der Waals surface area contributed by atoms with Gasteiger partial charge in [-0.2, -0.15) is 0 Å². The summed E-state index contributed by atoms with van der Waals surface area (Å²) in [5.74, 6) is 0. The zero-order valence-electron chi connectivity index (χ0n) is 13.6. The Morgan fingerprint density at radius 3 is 2.18 bits per heavy atom. The molecule has 0 fully saturated rings. The van der Waals surface area contributed by atoms with Crippen molar-refractivity contribution >= 4 is 5.57 Å². The van der Waals surface area contributed by atoms with Crippen molar-refractivity contribution < 1.29 is 5.11 Å². The second-order valence-corrected chi connectivity index (χ2v) is 6.05. The first kappa shape index (κ1) is 16.5. The molecule has 0 aliphatic rings. The summed E-state index contributed by atoms with van der Waals surface area (Å²) in [5, 5.41) is 10.9. The molecular weight excluding hydrogens is 268 g/mol. The van der Waals surface area contributed by atoms with Gasteiger partial charge in [0.1, 0.15) is 0 Å². The van der Waals surface area contributed by atoms with E-state index in [1.54, 1.807) is 0 Å². The van der Waals surface area contributed by atoms with Gasteiger partial charge in [-0.05, 0) is 30.0 Å². The van der Waals surface area contributed by atoms with Crippen LogP contribution in [-0.2, 0) is 5.60 Å². The number of benzene rings is 2. The van der Waals surface area contributed by atoms with Crippen molar-refractivity contribution in [1.82, 2.24) is 0 Å². The fraction of sp³-hybridized carbons (Fsp3) is 0.333. The van der Waals surface area contributed by atoms with Gasteiger partial charge in [-0.15, -0.1) is 0 Å². The number of hydrogen-bond donors (Lipinski definition) is 1. The maximum atomic E-state index is 10.9. The topological polar surface area (TPSA) is 20.2 Å². The molecule has 0 bridgehead atoms. The lowest BCUT2D eigenvalue weighted by molar-refractivity contribution is 0.0630. The van der Waals surface area contributed by atoms with Gasteiger partial charge < -0.3 is 5.11 Å². The van der Waals surface area contributed by atoms with Gasteiger partial charge in [0.25, 0.3) is 0 Å². The normalized spacial score (nSPS) is 14.6. The van der Waals surface area contributed by atoms with Crippen LogP contribution in [0.15, 0.2) is 66.7 Å². The van der Waals surface area contributed by atoms with Crippen molar-refractivity contribution in [3.63, 3.8) is 0 Å². The van der Waals surface area contributed by atoms with Crippen molar-refractivity contribution in [2.45, 2.75) is 45.1 Å². The van der Waals surface area contributed by atoms with Gasteiger partial charge in [0.05, 0.1) is 5.60 Å². The number of unbranched alkanes of at least 4 members (excludes halogenated alkanes) is 2. The van der Waals surface area contributed by atoms with Crippen LogP contribution in [0.2, 0.25) is 0 Å². The lowest BCUT2D eigenvalue weighted by Gasteiger charge is -2.26. The van der Waals surface area contributed by atoms with Gasteiger partial charge in [-0.25, -0.2) is 0 Å². The van der Waals surface area contributed by atoms with Crippen LogP contribution in [0.5, 0.6) is 0 Å². The second kappa shape index (κ2) is 7.95. The smallest absolute Gasteiger partial charge is 0.0908 e. The standard InChI is InChI=1S/C21H26O/c1-3-4-7-14-19(18-12-8-5-9-13-18)17-21(2,22)20-15-10-6-11-16-20/h5-6,8-16,22H,3-4,7,17H2,1-2H3/b19-14+. The summed E-state index contributed by atoms with van der Waals surface area (Å²) in [5.41, 5.74) is 2.54. The Morgan fingerprint density at radius 1 is 1.00 bits per heavy atom. The van der Waals surface area contributed by atoms with Crippen molar-refractivity contribution in [3.8, 4) is 0 Å². The van der Waals surface area contributed by atoms with Crippen molar-refractivity contribution in [2.75, 3.05) is 0 Å². The van der Waals surface area contributed by atoms with E-state index in [0.717, 1.165) is 12.0 Å². The van der Waals surface area contributed by atoms with E-state index < -0.39 is 5.60 Å². The van der Waals surface area contributed by atoms with Crippen LogP contribution in [0.25, 0.3) is 5.57 Å². The summed E-state index contributed by atoms with van der Waals surface area (Å²) in [6.45, 7) is 4.11. The summed E-state index contributed by atoms with van der Waals surface area (Å²) in [4.78, 5) is 0. The third kappa shape index (κ3) is 4.57. The predicted molar refractivity (Wildman–Crippen MR) is 94.6 cm³/mol. The van der Waals surface area contributed by atoms with E-state index >= 15 is 0 Å². The first-order valence-corrected chi connectivity index (χ1v) is 8.16. The largest absolute Gasteiger partial charge is 0.385 e. The Morgan fingerprint density at radius 2 is 1.59 bits per heavy atom. The minimum atomic E-state index is -0.852. The quantitative estimate of drug-likeness (QED) is 0.663. The molecule has 0 aliphatic heterocycles. The van der Waals surface area contributed by atoms with Gasteiger partial charge in [-0.1, -0.05) is 86.5 Å². The lowest BCUT2D eigenvalue weighted by Crippen LogP contribution is -2.21. The summed E-state index contributed by atoms with van der Waals surface area (Å²) >= 11 is 0. The monoisotopic (exact) mass is 294 g/mol. The number of allylic oxidation sites excluding steroid dienone is 1. The molecule has 2 aromatic rings. The molecule has 22 heavy (non-hydrogen) atoms. The van der Waals surface area contributed by atoms with Crippen molar-refractivity contribution in [1.29, 1.82) is 0 Å². The first-order valence-electron chi connectivity index (χ1n) is 8.16. The molecule has 0 spiro atoms. The zero-order valence-corrected chi connectivity index (χ0v) is 13.6. The maximum absolute atomic E-state index is 10.9.